The smallest absolute Gasteiger partial charge is 0.258 e. The average molecular weight is 284 g/mol. The summed E-state index contributed by atoms with van der Waals surface area (Å²) in [5.74, 6) is 1.04. The second-order valence-electron chi connectivity index (χ2n) is 5.26. The van der Waals surface area contributed by atoms with Gasteiger partial charge in [-0.1, -0.05) is 25.4 Å². The van der Waals surface area contributed by atoms with Crippen LogP contribution in [-0.4, -0.2) is 18.6 Å². The molecule has 0 bridgehead atoms. The Bertz CT molecular complexity index is 434. The Balaban J connectivity index is 2.60. The van der Waals surface area contributed by atoms with Gasteiger partial charge in [-0.25, -0.2) is 0 Å². The summed E-state index contributed by atoms with van der Waals surface area (Å²) in [6.45, 7) is 9.99. The Morgan fingerprint density at radius 1 is 1.26 bits per heavy atom. The standard InChI is InChI=1S/C15H22ClNO2/c1-9(2)12(5)17-14(18)8-19-15-10(3)6-13(16)7-11(15)4/h6-7,9,12H,8H2,1-5H3,(H,17,18)/t12-/m1/s1. The molecule has 3 nitrogen and oxygen atoms in total. The number of halogens is 1. The molecule has 1 N–H and O–H groups in total. The van der Waals surface area contributed by atoms with E-state index in [2.05, 4.69) is 19.2 Å². The summed E-state index contributed by atoms with van der Waals surface area (Å²) in [4.78, 5) is 11.8. The van der Waals surface area contributed by atoms with Gasteiger partial charge in [0.1, 0.15) is 5.75 Å². The van der Waals surface area contributed by atoms with E-state index in [1.54, 1.807) is 0 Å². The first kappa shape index (κ1) is 15.8. The number of carbonyl (C=O) groups is 1. The quantitative estimate of drug-likeness (QED) is 0.898. The second kappa shape index (κ2) is 6.80. The van der Waals surface area contributed by atoms with Crippen LogP contribution in [0.4, 0.5) is 0 Å². The van der Waals surface area contributed by atoms with Crippen LogP contribution >= 0.6 is 11.6 Å². The number of rotatable bonds is 5. The minimum Gasteiger partial charge on any atom is -0.483 e. The SMILES string of the molecule is Cc1cc(Cl)cc(C)c1OCC(=O)N[C@H](C)C(C)C. The Hall–Kier alpha value is -1.22. The van der Waals surface area contributed by atoms with Crippen molar-refractivity contribution in [1.82, 2.24) is 5.32 Å². The van der Waals surface area contributed by atoms with E-state index in [-0.39, 0.29) is 18.6 Å². The molecule has 0 unspecified atom stereocenters. The number of ether oxygens (including phenoxy) is 1. The molecule has 0 aliphatic rings. The second-order valence-corrected chi connectivity index (χ2v) is 5.69. The molecule has 1 atom stereocenters. The van der Waals surface area contributed by atoms with Crippen molar-refractivity contribution in [2.24, 2.45) is 5.92 Å². The highest BCUT2D eigenvalue weighted by Crippen LogP contribution is 2.26. The largest absolute Gasteiger partial charge is 0.483 e. The summed E-state index contributed by atoms with van der Waals surface area (Å²) in [5.41, 5.74) is 1.88. The molecule has 0 aromatic heterocycles. The lowest BCUT2D eigenvalue weighted by Crippen LogP contribution is -2.39. The summed E-state index contributed by atoms with van der Waals surface area (Å²) in [6, 6.07) is 3.81. The third kappa shape index (κ3) is 4.75. The fourth-order valence-electron chi connectivity index (χ4n) is 1.73. The van der Waals surface area contributed by atoms with Gasteiger partial charge in [0.25, 0.3) is 5.91 Å². The first-order chi connectivity index (χ1) is 8.81. The molecule has 1 aromatic carbocycles. The lowest BCUT2D eigenvalue weighted by molar-refractivity contribution is -0.124. The molecule has 0 radical (unpaired) electrons. The number of hydrogen-bond donors (Lipinski definition) is 1. The summed E-state index contributed by atoms with van der Waals surface area (Å²) < 4.78 is 5.59. The highest BCUT2D eigenvalue weighted by Gasteiger charge is 2.12. The third-order valence-corrected chi connectivity index (χ3v) is 3.38. The lowest BCUT2D eigenvalue weighted by atomic mass is 10.1. The molecule has 0 saturated carbocycles. The van der Waals surface area contributed by atoms with Crippen LogP contribution in [0.25, 0.3) is 0 Å². The Kier molecular flexibility index (Phi) is 5.67. The third-order valence-electron chi connectivity index (χ3n) is 3.16. The van der Waals surface area contributed by atoms with Crippen LogP contribution in [0.5, 0.6) is 5.75 Å². The van der Waals surface area contributed by atoms with Crippen molar-refractivity contribution < 1.29 is 9.53 Å². The van der Waals surface area contributed by atoms with Gasteiger partial charge in [-0.05, 0) is 49.9 Å². The first-order valence-corrected chi connectivity index (χ1v) is 6.88. The van der Waals surface area contributed by atoms with Gasteiger partial charge >= 0.3 is 0 Å². The molecule has 0 saturated heterocycles. The molecule has 1 aromatic rings. The number of amides is 1. The van der Waals surface area contributed by atoms with E-state index in [9.17, 15) is 4.79 Å². The maximum atomic E-state index is 11.8. The number of carbonyl (C=O) groups excluding carboxylic acids is 1. The summed E-state index contributed by atoms with van der Waals surface area (Å²) in [7, 11) is 0. The van der Waals surface area contributed by atoms with Crippen LogP contribution in [0, 0.1) is 19.8 Å². The van der Waals surface area contributed by atoms with Gasteiger partial charge in [0.15, 0.2) is 6.61 Å². The number of aryl methyl sites for hydroxylation is 2. The maximum absolute atomic E-state index is 11.8. The molecule has 1 rings (SSSR count). The fraction of sp³-hybridized carbons (Fsp3) is 0.533. The lowest BCUT2D eigenvalue weighted by Gasteiger charge is -2.18. The van der Waals surface area contributed by atoms with Crippen LogP contribution in [0.1, 0.15) is 31.9 Å². The highest BCUT2D eigenvalue weighted by molar-refractivity contribution is 6.30. The molecular formula is C15H22ClNO2. The van der Waals surface area contributed by atoms with Crippen molar-refractivity contribution >= 4 is 17.5 Å². The molecule has 0 spiro atoms. The van der Waals surface area contributed by atoms with Crippen LogP contribution < -0.4 is 10.1 Å². The topological polar surface area (TPSA) is 38.3 Å². The zero-order chi connectivity index (χ0) is 14.6. The summed E-state index contributed by atoms with van der Waals surface area (Å²) >= 11 is 5.95. The highest BCUT2D eigenvalue weighted by atomic mass is 35.5. The zero-order valence-electron chi connectivity index (χ0n) is 12.2. The van der Waals surface area contributed by atoms with Crippen molar-refractivity contribution in [3.63, 3.8) is 0 Å². The van der Waals surface area contributed by atoms with Crippen molar-refractivity contribution in [2.45, 2.75) is 40.7 Å². The van der Waals surface area contributed by atoms with Crippen molar-refractivity contribution in [1.29, 1.82) is 0 Å². The predicted octanol–water partition coefficient (Wildman–Crippen LogP) is 3.50. The predicted molar refractivity (Wildman–Crippen MR) is 78.9 cm³/mol. The van der Waals surface area contributed by atoms with Gasteiger partial charge in [-0.3, -0.25) is 4.79 Å². The minimum absolute atomic E-state index is 0.0281. The molecule has 0 heterocycles. The van der Waals surface area contributed by atoms with Gasteiger partial charge in [0.2, 0.25) is 0 Å². The molecule has 19 heavy (non-hydrogen) atoms. The van der Waals surface area contributed by atoms with Crippen LogP contribution in [0.3, 0.4) is 0 Å². The van der Waals surface area contributed by atoms with E-state index < -0.39 is 0 Å². The van der Waals surface area contributed by atoms with E-state index in [4.69, 9.17) is 16.3 Å². The zero-order valence-corrected chi connectivity index (χ0v) is 13.0. The molecule has 106 valence electrons. The van der Waals surface area contributed by atoms with E-state index in [0.717, 1.165) is 16.9 Å². The molecule has 0 fully saturated rings. The van der Waals surface area contributed by atoms with E-state index in [0.29, 0.717) is 10.9 Å². The van der Waals surface area contributed by atoms with Crippen molar-refractivity contribution in [3.8, 4) is 5.75 Å². The fourth-order valence-corrected chi connectivity index (χ4v) is 2.05. The molecule has 0 aliphatic heterocycles. The first-order valence-electron chi connectivity index (χ1n) is 6.50. The van der Waals surface area contributed by atoms with E-state index in [1.165, 1.54) is 0 Å². The summed E-state index contributed by atoms with van der Waals surface area (Å²) in [5, 5.41) is 3.59. The van der Waals surface area contributed by atoms with Gasteiger partial charge < -0.3 is 10.1 Å². The number of hydrogen-bond acceptors (Lipinski definition) is 2. The van der Waals surface area contributed by atoms with Crippen LogP contribution in [0.2, 0.25) is 5.02 Å². The average Bonchev–Trinajstić information content (AvgIpc) is 2.27. The monoisotopic (exact) mass is 283 g/mol. The van der Waals surface area contributed by atoms with Crippen molar-refractivity contribution in [2.75, 3.05) is 6.61 Å². The van der Waals surface area contributed by atoms with Crippen LogP contribution in [-0.2, 0) is 4.79 Å². The van der Waals surface area contributed by atoms with Gasteiger partial charge in [0, 0.05) is 11.1 Å². The van der Waals surface area contributed by atoms with Gasteiger partial charge in [-0.2, -0.15) is 0 Å². The van der Waals surface area contributed by atoms with Gasteiger partial charge in [0.05, 0.1) is 0 Å². The molecule has 0 aliphatic carbocycles. The Labute approximate surface area is 120 Å². The minimum atomic E-state index is -0.102. The Morgan fingerprint density at radius 2 is 1.79 bits per heavy atom. The Morgan fingerprint density at radius 3 is 2.26 bits per heavy atom. The summed E-state index contributed by atoms with van der Waals surface area (Å²) in [6.07, 6.45) is 0. The van der Waals surface area contributed by atoms with Gasteiger partial charge in [-0.15, -0.1) is 0 Å². The number of benzene rings is 1. The normalized spacial score (nSPS) is 12.4. The van der Waals surface area contributed by atoms with Crippen LogP contribution in [0.15, 0.2) is 12.1 Å². The number of nitrogens with one attached hydrogen (secondary N) is 1. The molecule has 4 heteroatoms. The van der Waals surface area contributed by atoms with Crippen molar-refractivity contribution in [3.05, 3.63) is 28.3 Å². The van der Waals surface area contributed by atoms with E-state index in [1.807, 2.05) is 32.9 Å². The van der Waals surface area contributed by atoms with E-state index >= 15 is 0 Å². The molecule has 1 amide bonds. The maximum Gasteiger partial charge on any atom is 0.258 e. The molecular weight excluding hydrogens is 262 g/mol.